The highest BCUT2D eigenvalue weighted by atomic mass is 16.7. The molecule has 1 saturated carbocycles. The van der Waals surface area contributed by atoms with Gasteiger partial charge in [0.05, 0.1) is 24.7 Å². The lowest BCUT2D eigenvalue weighted by atomic mass is 9.82. The SMILES string of the molecule is NCC[C@H](O)C(=O)N[C@H]1C[C@@H](NC(=O)[C@@H](O)CCN)[C@H](O[C@H]2O[C@H](CO)[C@@H](O)[C@H](N)[C@H]2O)[C@@H](O)[C@@H]1O[C@H]1O[C@H](CN)[C@@H](O)[C@H](O)[C@H]1O. The highest BCUT2D eigenvalue weighted by molar-refractivity contribution is 5.81. The van der Waals surface area contributed by atoms with E-state index in [4.69, 9.17) is 41.9 Å². The number of hydrogen-bond donors (Lipinski definition) is 15. The fourth-order valence-corrected chi connectivity index (χ4v) is 5.74. The highest BCUT2D eigenvalue weighted by Gasteiger charge is 2.53. The van der Waals surface area contributed by atoms with E-state index in [1.54, 1.807) is 0 Å². The molecule has 0 aromatic carbocycles. The Morgan fingerprint density at radius 3 is 1.62 bits per heavy atom. The predicted molar refractivity (Wildman–Crippen MR) is 155 cm³/mol. The lowest BCUT2D eigenvalue weighted by molar-refractivity contribution is -0.333. The molecule has 19 N–H and O–H groups in total. The minimum atomic E-state index is -1.93. The van der Waals surface area contributed by atoms with Gasteiger partial charge in [-0.15, -0.1) is 0 Å². The van der Waals surface area contributed by atoms with Crippen LogP contribution in [0.3, 0.4) is 0 Å². The average Bonchev–Trinajstić information content (AvgIpc) is 3.04. The Hall–Kier alpha value is -1.74. The van der Waals surface area contributed by atoms with Crippen molar-refractivity contribution in [3.63, 3.8) is 0 Å². The Morgan fingerprint density at radius 2 is 1.17 bits per heavy atom. The summed E-state index contributed by atoms with van der Waals surface area (Å²) in [5.74, 6) is -1.90. The molecule has 274 valence electrons. The van der Waals surface area contributed by atoms with Gasteiger partial charge in [0.1, 0.15) is 73.2 Å². The third kappa shape index (κ3) is 9.29. The van der Waals surface area contributed by atoms with E-state index in [1.807, 2.05) is 0 Å². The molecule has 3 aliphatic rings. The molecule has 0 radical (unpaired) electrons. The van der Waals surface area contributed by atoms with Crippen molar-refractivity contribution < 1.29 is 74.5 Å². The summed E-state index contributed by atoms with van der Waals surface area (Å²) < 4.78 is 22.8. The first kappa shape index (κ1) is 39.7. The Bertz CT molecular complexity index is 928. The number of nitrogens with one attached hydrogen (secondary N) is 2. The fraction of sp³-hybridized carbons (Fsp3) is 0.923. The molecule has 17 atom stereocenters. The number of carbonyl (C=O) groups excluding carboxylic acids is 2. The summed E-state index contributed by atoms with van der Waals surface area (Å²) in [6.45, 7) is -1.18. The third-order valence-electron chi connectivity index (χ3n) is 8.54. The van der Waals surface area contributed by atoms with Crippen molar-refractivity contribution in [2.75, 3.05) is 26.2 Å². The molecule has 2 amide bonds. The third-order valence-corrected chi connectivity index (χ3v) is 8.54. The first-order valence-corrected chi connectivity index (χ1v) is 15.3. The quantitative estimate of drug-likeness (QED) is 0.0806. The maximum atomic E-state index is 12.9. The van der Waals surface area contributed by atoms with Crippen LogP contribution in [0.1, 0.15) is 19.3 Å². The number of nitrogens with two attached hydrogens (primary N) is 4. The summed E-state index contributed by atoms with van der Waals surface area (Å²) in [5.41, 5.74) is 22.4. The van der Waals surface area contributed by atoms with E-state index in [9.17, 15) is 55.5 Å². The van der Waals surface area contributed by atoms with Crippen molar-refractivity contribution in [2.24, 2.45) is 22.9 Å². The molecule has 0 unspecified atom stereocenters. The highest BCUT2D eigenvalue weighted by Crippen LogP contribution is 2.33. The summed E-state index contributed by atoms with van der Waals surface area (Å²) >= 11 is 0. The normalized spacial score (nSPS) is 42.4. The number of rotatable bonds is 14. The second kappa shape index (κ2) is 17.8. The number of amides is 2. The van der Waals surface area contributed by atoms with Crippen LogP contribution in [0.2, 0.25) is 0 Å². The Kier molecular flexibility index (Phi) is 15.0. The molecule has 2 aliphatic heterocycles. The summed E-state index contributed by atoms with van der Waals surface area (Å²) in [7, 11) is 0. The second-order valence-corrected chi connectivity index (χ2v) is 11.9. The van der Waals surface area contributed by atoms with E-state index < -0.39 is 122 Å². The fourth-order valence-electron chi connectivity index (χ4n) is 5.74. The van der Waals surface area contributed by atoms with E-state index >= 15 is 0 Å². The lowest BCUT2D eigenvalue weighted by Gasteiger charge is -2.49. The molecular weight excluding hydrogens is 636 g/mol. The van der Waals surface area contributed by atoms with E-state index in [0.29, 0.717) is 0 Å². The van der Waals surface area contributed by atoms with Crippen LogP contribution in [-0.2, 0) is 28.5 Å². The molecule has 0 aromatic heterocycles. The molecule has 2 heterocycles. The van der Waals surface area contributed by atoms with Crippen molar-refractivity contribution in [1.29, 1.82) is 0 Å². The topological polar surface area (TPSA) is 381 Å². The number of hydrogen-bond acceptors (Lipinski definition) is 19. The molecule has 21 nitrogen and oxygen atoms in total. The summed E-state index contributed by atoms with van der Waals surface area (Å²) in [4.78, 5) is 25.8. The van der Waals surface area contributed by atoms with Crippen molar-refractivity contribution >= 4 is 11.8 Å². The van der Waals surface area contributed by atoms with Gasteiger partial charge in [-0.25, -0.2) is 0 Å². The average molecular weight is 687 g/mol. The van der Waals surface area contributed by atoms with Crippen LogP contribution in [0.15, 0.2) is 0 Å². The maximum Gasteiger partial charge on any atom is 0.249 e. The molecule has 1 aliphatic carbocycles. The monoisotopic (exact) mass is 686 g/mol. The van der Waals surface area contributed by atoms with E-state index in [2.05, 4.69) is 10.6 Å². The summed E-state index contributed by atoms with van der Waals surface area (Å²) in [6, 6.07) is -4.01. The van der Waals surface area contributed by atoms with Gasteiger partial charge in [0.15, 0.2) is 12.6 Å². The maximum absolute atomic E-state index is 12.9. The zero-order chi connectivity index (χ0) is 35.2. The van der Waals surface area contributed by atoms with Gasteiger partial charge in [0.2, 0.25) is 11.8 Å². The Morgan fingerprint density at radius 1 is 0.702 bits per heavy atom. The molecule has 47 heavy (non-hydrogen) atoms. The smallest absolute Gasteiger partial charge is 0.249 e. The van der Waals surface area contributed by atoms with Crippen molar-refractivity contribution in [1.82, 2.24) is 10.6 Å². The van der Waals surface area contributed by atoms with Crippen molar-refractivity contribution in [2.45, 2.75) is 123 Å². The molecule has 3 fully saturated rings. The molecular formula is C26H50N6O15. The van der Waals surface area contributed by atoms with Crippen LogP contribution in [0.25, 0.3) is 0 Å². The van der Waals surface area contributed by atoms with E-state index in [-0.39, 0.29) is 38.9 Å². The molecule has 2 saturated heterocycles. The van der Waals surface area contributed by atoms with Crippen LogP contribution < -0.4 is 33.6 Å². The Labute approximate surface area is 269 Å². The van der Waals surface area contributed by atoms with Gasteiger partial charge in [-0.3, -0.25) is 9.59 Å². The van der Waals surface area contributed by atoms with Crippen LogP contribution in [-0.4, -0.2) is 188 Å². The standard InChI is InChI=1S/C26H50N6O15/c27-3-1-10(34)23(42)31-8-5-9(32-24(43)11(35)2-4-28)22(47-26-19(40)18(39)16(37)12(6-29)44-26)20(41)21(8)46-25-17(38)14(30)15(36)13(7-33)45-25/h8-22,25-26,33-41H,1-7,27-30H2,(H,31,42)(H,32,43)/t8-,9+,10+,11+,12-,13-,14+,15-,16-,17-,18+,19-,20-,21+,22-,25-,26-/m1/s1. The van der Waals surface area contributed by atoms with E-state index in [0.717, 1.165) is 0 Å². The zero-order valence-corrected chi connectivity index (χ0v) is 25.5. The number of aliphatic hydroxyl groups excluding tert-OH is 9. The molecule has 21 heteroatoms. The van der Waals surface area contributed by atoms with Crippen LogP contribution in [0.5, 0.6) is 0 Å². The number of aliphatic hydroxyl groups is 9. The number of ether oxygens (including phenoxy) is 4. The van der Waals surface area contributed by atoms with Crippen LogP contribution in [0.4, 0.5) is 0 Å². The molecule has 0 aromatic rings. The largest absolute Gasteiger partial charge is 0.394 e. The molecule has 3 rings (SSSR count). The minimum absolute atomic E-state index is 0.0611. The van der Waals surface area contributed by atoms with Gasteiger partial charge < -0.3 is 98.5 Å². The van der Waals surface area contributed by atoms with Gasteiger partial charge in [0.25, 0.3) is 0 Å². The van der Waals surface area contributed by atoms with Crippen LogP contribution in [0, 0.1) is 0 Å². The number of carbonyl (C=O) groups is 2. The van der Waals surface area contributed by atoms with Gasteiger partial charge >= 0.3 is 0 Å². The summed E-state index contributed by atoms with van der Waals surface area (Å²) in [5, 5.41) is 99.2. The van der Waals surface area contributed by atoms with Gasteiger partial charge in [-0.2, -0.15) is 0 Å². The van der Waals surface area contributed by atoms with Crippen molar-refractivity contribution in [3.8, 4) is 0 Å². The lowest BCUT2D eigenvalue weighted by Crippen LogP contribution is -2.70. The molecule has 0 bridgehead atoms. The van der Waals surface area contributed by atoms with Crippen molar-refractivity contribution in [3.05, 3.63) is 0 Å². The van der Waals surface area contributed by atoms with Crippen LogP contribution >= 0.6 is 0 Å². The predicted octanol–water partition coefficient (Wildman–Crippen LogP) is -9.56. The first-order valence-electron chi connectivity index (χ1n) is 15.3. The zero-order valence-electron chi connectivity index (χ0n) is 25.5. The van der Waals surface area contributed by atoms with Gasteiger partial charge in [0, 0.05) is 6.54 Å². The van der Waals surface area contributed by atoms with E-state index in [1.165, 1.54) is 0 Å². The van der Waals surface area contributed by atoms with Gasteiger partial charge in [-0.05, 0) is 32.4 Å². The summed E-state index contributed by atoms with van der Waals surface area (Å²) in [6.07, 6.45) is -23.6. The second-order valence-electron chi connectivity index (χ2n) is 11.9. The molecule has 0 spiro atoms. The Balaban J connectivity index is 2.00. The minimum Gasteiger partial charge on any atom is -0.394 e. The first-order chi connectivity index (χ1) is 22.2. The van der Waals surface area contributed by atoms with Gasteiger partial charge in [-0.1, -0.05) is 0 Å².